The second-order valence-electron chi connectivity index (χ2n) is 3.73. The molecule has 1 N–H and O–H groups in total. The number of aromatic nitrogens is 1. The molecule has 0 bridgehead atoms. The average molecular weight is 194 g/mol. The number of nitrogens with one attached hydrogen (secondary N) is 1. The molecule has 0 aliphatic heterocycles. The third kappa shape index (κ3) is 4.23. The van der Waals surface area contributed by atoms with Gasteiger partial charge in [0.15, 0.2) is 5.43 Å². The van der Waals surface area contributed by atoms with Crippen molar-refractivity contribution in [2.45, 2.75) is 32.9 Å². The lowest BCUT2D eigenvalue weighted by Gasteiger charge is -2.09. The fraction of sp³-hybridized carbons (Fsp3) is 0.545. The molecule has 0 fully saturated rings. The van der Waals surface area contributed by atoms with Gasteiger partial charge in [0.05, 0.1) is 0 Å². The van der Waals surface area contributed by atoms with Crippen molar-refractivity contribution in [2.75, 3.05) is 6.54 Å². The van der Waals surface area contributed by atoms with E-state index in [4.69, 9.17) is 0 Å². The molecular weight excluding hydrogens is 176 g/mol. The van der Waals surface area contributed by atoms with Crippen molar-refractivity contribution >= 4 is 0 Å². The first-order valence-corrected chi connectivity index (χ1v) is 5.08. The summed E-state index contributed by atoms with van der Waals surface area (Å²) >= 11 is 0. The van der Waals surface area contributed by atoms with E-state index in [2.05, 4.69) is 19.2 Å². The molecule has 0 atom stereocenters. The van der Waals surface area contributed by atoms with Crippen LogP contribution >= 0.6 is 0 Å². The normalized spacial score (nSPS) is 10.8. The molecule has 3 nitrogen and oxygen atoms in total. The molecule has 14 heavy (non-hydrogen) atoms. The van der Waals surface area contributed by atoms with Crippen molar-refractivity contribution in [3.63, 3.8) is 0 Å². The van der Waals surface area contributed by atoms with Crippen LogP contribution in [0.4, 0.5) is 0 Å². The maximum absolute atomic E-state index is 10.8. The van der Waals surface area contributed by atoms with Crippen LogP contribution in [0.2, 0.25) is 0 Å². The van der Waals surface area contributed by atoms with Gasteiger partial charge < -0.3 is 9.88 Å². The second kappa shape index (κ2) is 5.60. The van der Waals surface area contributed by atoms with E-state index in [0.29, 0.717) is 6.04 Å². The largest absolute Gasteiger partial charge is 0.354 e. The highest BCUT2D eigenvalue weighted by molar-refractivity contribution is 4.93. The van der Waals surface area contributed by atoms with Crippen LogP contribution in [0.1, 0.15) is 20.3 Å². The molecule has 3 heteroatoms. The number of hydrogen-bond acceptors (Lipinski definition) is 2. The zero-order valence-corrected chi connectivity index (χ0v) is 8.86. The van der Waals surface area contributed by atoms with E-state index < -0.39 is 0 Å². The molecule has 0 saturated heterocycles. The maximum Gasteiger partial charge on any atom is 0.181 e. The molecule has 0 spiro atoms. The van der Waals surface area contributed by atoms with Crippen molar-refractivity contribution in [1.29, 1.82) is 0 Å². The summed E-state index contributed by atoms with van der Waals surface area (Å²) < 4.78 is 2.03. The Balaban J connectivity index is 2.25. The van der Waals surface area contributed by atoms with E-state index in [1.54, 1.807) is 12.1 Å². The third-order valence-corrected chi connectivity index (χ3v) is 2.01. The van der Waals surface area contributed by atoms with E-state index in [1.165, 1.54) is 0 Å². The smallest absolute Gasteiger partial charge is 0.181 e. The van der Waals surface area contributed by atoms with Gasteiger partial charge in [0.25, 0.3) is 0 Å². The summed E-state index contributed by atoms with van der Waals surface area (Å²) in [6.07, 6.45) is 4.75. The van der Waals surface area contributed by atoms with Crippen LogP contribution in [0.25, 0.3) is 0 Å². The Morgan fingerprint density at radius 3 is 2.57 bits per heavy atom. The molecule has 0 unspecified atom stereocenters. The highest BCUT2D eigenvalue weighted by atomic mass is 16.1. The second-order valence-corrected chi connectivity index (χ2v) is 3.73. The molecule has 1 heterocycles. The van der Waals surface area contributed by atoms with Crippen LogP contribution in [0.15, 0.2) is 29.3 Å². The van der Waals surface area contributed by atoms with E-state index >= 15 is 0 Å². The Morgan fingerprint density at radius 1 is 1.36 bits per heavy atom. The highest BCUT2D eigenvalue weighted by Crippen LogP contribution is 1.89. The minimum atomic E-state index is 0.0709. The van der Waals surface area contributed by atoms with Gasteiger partial charge in [-0.25, -0.2) is 0 Å². The molecule has 0 radical (unpaired) electrons. The fourth-order valence-electron chi connectivity index (χ4n) is 1.25. The average Bonchev–Trinajstić information content (AvgIpc) is 2.15. The molecule has 0 aliphatic carbocycles. The molecule has 0 aliphatic rings. The van der Waals surface area contributed by atoms with Crippen LogP contribution in [-0.4, -0.2) is 17.2 Å². The number of aryl methyl sites for hydroxylation is 1. The van der Waals surface area contributed by atoms with Gasteiger partial charge in [0.1, 0.15) is 0 Å². The summed E-state index contributed by atoms with van der Waals surface area (Å²) in [7, 11) is 0. The maximum atomic E-state index is 10.8. The Labute approximate surface area is 84.8 Å². The molecule has 0 aromatic carbocycles. The van der Waals surface area contributed by atoms with Gasteiger partial charge in [-0.1, -0.05) is 13.8 Å². The molecule has 0 amide bonds. The Bertz CT molecular complexity index is 297. The zero-order valence-electron chi connectivity index (χ0n) is 8.86. The number of rotatable bonds is 5. The van der Waals surface area contributed by atoms with Gasteiger partial charge in [0.2, 0.25) is 0 Å². The molecule has 1 aromatic heterocycles. The predicted molar refractivity (Wildman–Crippen MR) is 58.5 cm³/mol. The SMILES string of the molecule is CC(C)NCCCn1ccc(=O)cc1. The van der Waals surface area contributed by atoms with E-state index in [-0.39, 0.29) is 5.43 Å². The van der Waals surface area contributed by atoms with Gasteiger partial charge in [-0.3, -0.25) is 4.79 Å². The highest BCUT2D eigenvalue weighted by Gasteiger charge is 1.92. The summed E-state index contributed by atoms with van der Waals surface area (Å²) in [6, 6.07) is 3.73. The van der Waals surface area contributed by atoms with Crippen LogP contribution < -0.4 is 10.7 Å². The van der Waals surface area contributed by atoms with E-state index in [1.807, 2.05) is 17.0 Å². The zero-order chi connectivity index (χ0) is 10.4. The first-order valence-electron chi connectivity index (χ1n) is 5.08. The van der Waals surface area contributed by atoms with E-state index in [9.17, 15) is 4.79 Å². The van der Waals surface area contributed by atoms with Crippen molar-refractivity contribution in [3.05, 3.63) is 34.7 Å². The summed E-state index contributed by atoms with van der Waals surface area (Å²) in [4.78, 5) is 10.8. The predicted octanol–water partition coefficient (Wildman–Crippen LogP) is 1.24. The van der Waals surface area contributed by atoms with Crippen molar-refractivity contribution in [1.82, 2.24) is 9.88 Å². The summed E-state index contributed by atoms with van der Waals surface area (Å²) in [6.45, 7) is 6.25. The number of pyridine rings is 1. The minimum absolute atomic E-state index is 0.0709. The Kier molecular flexibility index (Phi) is 4.40. The molecule has 1 rings (SSSR count). The van der Waals surface area contributed by atoms with Crippen LogP contribution in [0, 0.1) is 0 Å². The van der Waals surface area contributed by atoms with Gasteiger partial charge in [-0.15, -0.1) is 0 Å². The van der Waals surface area contributed by atoms with Gasteiger partial charge in [0, 0.05) is 37.1 Å². The van der Waals surface area contributed by atoms with Gasteiger partial charge in [-0.2, -0.15) is 0 Å². The first kappa shape index (κ1) is 11.0. The Morgan fingerprint density at radius 2 is 2.00 bits per heavy atom. The Hall–Kier alpha value is -1.09. The third-order valence-electron chi connectivity index (χ3n) is 2.01. The quantitative estimate of drug-likeness (QED) is 0.715. The first-order chi connectivity index (χ1) is 6.68. The summed E-state index contributed by atoms with van der Waals surface area (Å²) in [5, 5.41) is 3.35. The lowest BCUT2D eigenvalue weighted by atomic mass is 10.3. The molecule has 78 valence electrons. The standard InChI is InChI=1S/C11H18N2O/c1-10(2)12-6-3-7-13-8-4-11(14)5-9-13/h4-5,8-10,12H,3,6-7H2,1-2H3. The van der Waals surface area contributed by atoms with Crippen molar-refractivity contribution in [2.24, 2.45) is 0 Å². The topological polar surface area (TPSA) is 34.0 Å². The van der Waals surface area contributed by atoms with Crippen LogP contribution in [-0.2, 0) is 6.54 Å². The number of nitrogens with zero attached hydrogens (tertiary/aromatic N) is 1. The number of hydrogen-bond donors (Lipinski definition) is 1. The molecule has 0 saturated carbocycles. The van der Waals surface area contributed by atoms with Crippen molar-refractivity contribution < 1.29 is 0 Å². The molecule has 1 aromatic rings. The lowest BCUT2D eigenvalue weighted by molar-refractivity contribution is 0.534. The van der Waals surface area contributed by atoms with Gasteiger partial charge >= 0.3 is 0 Å². The minimum Gasteiger partial charge on any atom is -0.354 e. The van der Waals surface area contributed by atoms with Crippen molar-refractivity contribution in [3.8, 4) is 0 Å². The lowest BCUT2D eigenvalue weighted by Crippen LogP contribution is -2.24. The molecular formula is C11H18N2O. The van der Waals surface area contributed by atoms with Crippen LogP contribution in [0.5, 0.6) is 0 Å². The monoisotopic (exact) mass is 194 g/mol. The summed E-state index contributed by atoms with van der Waals surface area (Å²) in [5.74, 6) is 0. The summed E-state index contributed by atoms with van der Waals surface area (Å²) in [5.41, 5.74) is 0.0709. The van der Waals surface area contributed by atoms with Gasteiger partial charge in [-0.05, 0) is 13.0 Å². The van der Waals surface area contributed by atoms with E-state index in [0.717, 1.165) is 19.5 Å². The fourth-order valence-corrected chi connectivity index (χ4v) is 1.25. The van der Waals surface area contributed by atoms with Crippen LogP contribution in [0.3, 0.4) is 0 Å².